The third-order valence-electron chi connectivity index (χ3n) is 2.47. The Labute approximate surface area is 98.0 Å². The summed E-state index contributed by atoms with van der Waals surface area (Å²) in [6.07, 6.45) is 4.17. The maximum Gasteiger partial charge on any atom is 0.236 e. The van der Waals surface area contributed by atoms with Crippen molar-refractivity contribution >= 4 is 17.7 Å². The van der Waals surface area contributed by atoms with Crippen LogP contribution >= 0.6 is 11.8 Å². The van der Waals surface area contributed by atoms with Gasteiger partial charge in [0, 0.05) is 18.8 Å². The van der Waals surface area contributed by atoms with Crippen molar-refractivity contribution in [1.29, 1.82) is 0 Å². The van der Waals surface area contributed by atoms with Gasteiger partial charge < -0.3 is 10.2 Å². The molecule has 1 amide bonds. The van der Waals surface area contributed by atoms with Crippen LogP contribution in [-0.4, -0.2) is 49.0 Å². The number of hydrogen-bond donors (Lipinski definition) is 1. The molecule has 15 heavy (non-hydrogen) atoms. The third-order valence-corrected chi connectivity index (χ3v) is 3.19. The van der Waals surface area contributed by atoms with Gasteiger partial charge in [-0.15, -0.1) is 0 Å². The van der Waals surface area contributed by atoms with Gasteiger partial charge in [-0.3, -0.25) is 4.79 Å². The highest BCUT2D eigenvalue weighted by atomic mass is 32.2. The molecule has 0 aliphatic heterocycles. The van der Waals surface area contributed by atoms with Crippen LogP contribution in [0.2, 0.25) is 0 Å². The van der Waals surface area contributed by atoms with Gasteiger partial charge in [-0.05, 0) is 25.6 Å². The molecule has 1 unspecified atom stereocenters. The molecule has 0 aromatic carbocycles. The highest BCUT2D eigenvalue weighted by Gasteiger charge is 2.16. The standard InChI is InChI=1S/C11H24N2OS/c1-5-7-12-8-11(14)13(3)10(6-2)9-15-4/h10,12H,5-9H2,1-4H3. The van der Waals surface area contributed by atoms with Gasteiger partial charge in [-0.1, -0.05) is 13.8 Å². The van der Waals surface area contributed by atoms with Crippen LogP contribution in [0.15, 0.2) is 0 Å². The highest BCUT2D eigenvalue weighted by Crippen LogP contribution is 2.08. The van der Waals surface area contributed by atoms with Gasteiger partial charge in [-0.25, -0.2) is 0 Å². The van der Waals surface area contributed by atoms with Gasteiger partial charge >= 0.3 is 0 Å². The van der Waals surface area contributed by atoms with Crippen LogP contribution in [0.5, 0.6) is 0 Å². The van der Waals surface area contributed by atoms with Crippen LogP contribution in [0.25, 0.3) is 0 Å². The van der Waals surface area contributed by atoms with E-state index in [4.69, 9.17) is 0 Å². The SMILES string of the molecule is CCCNCC(=O)N(C)C(CC)CSC. The van der Waals surface area contributed by atoms with Crippen LogP contribution in [-0.2, 0) is 4.79 Å². The Bertz CT molecular complexity index is 176. The number of nitrogens with zero attached hydrogens (tertiary/aromatic N) is 1. The first kappa shape index (κ1) is 14.8. The van der Waals surface area contributed by atoms with E-state index in [0.717, 1.165) is 25.1 Å². The molecule has 0 radical (unpaired) electrons. The zero-order valence-corrected chi connectivity index (χ0v) is 11.2. The van der Waals surface area contributed by atoms with Crippen molar-refractivity contribution in [3.8, 4) is 0 Å². The van der Waals surface area contributed by atoms with Gasteiger partial charge in [0.2, 0.25) is 5.91 Å². The number of likely N-dealkylation sites (N-methyl/N-ethyl adjacent to an activating group) is 1. The van der Waals surface area contributed by atoms with E-state index < -0.39 is 0 Å². The Morgan fingerprint density at radius 2 is 2.13 bits per heavy atom. The largest absolute Gasteiger partial charge is 0.341 e. The number of amides is 1. The lowest BCUT2D eigenvalue weighted by molar-refractivity contribution is -0.130. The monoisotopic (exact) mass is 232 g/mol. The summed E-state index contributed by atoms with van der Waals surface area (Å²) >= 11 is 1.79. The van der Waals surface area contributed by atoms with E-state index in [-0.39, 0.29) is 5.91 Å². The normalized spacial score (nSPS) is 12.5. The minimum Gasteiger partial charge on any atom is -0.341 e. The Morgan fingerprint density at radius 3 is 2.60 bits per heavy atom. The average molecular weight is 232 g/mol. The van der Waals surface area contributed by atoms with E-state index in [1.54, 1.807) is 11.8 Å². The van der Waals surface area contributed by atoms with Gasteiger partial charge in [-0.2, -0.15) is 11.8 Å². The topological polar surface area (TPSA) is 32.3 Å². The quantitative estimate of drug-likeness (QED) is 0.645. The van der Waals surface area contributed by atoms with Crippen LogP contribution in [0.3, 0.4) is 0 Å². The summed E-state index contributed by atoms with van der Waals surface area (Å²) in [6.45, 7) is 5.61. The lowest BCUT2D eigenvalue weighted by Crippen LogP contribution is -2.43. The molecule has 0 aliphatic carbocycles. The Hall–Kier alpha value is -0.220. The van der Waals surface area contributed by atoms with Crippen LogP contribution in [0.1, 0.15) is 26.7 Å². The maximum absolute atomic E-state index is 11.7. The van der Waals surface area contributed by atoms with E-state index in [1.807, 2.05) is 11.9 Å². The predicted molar refractivity (Wildman–Crippen MR) is 68.4 cm³/mol. The molecule has 0 saturated carbocycles. The Kier molecular flexibility index (Phi) is 8.91. The summed E-state index contributed by atoms with van der Waals surface area (Å²) in [4.78, 5) is 13.6. The second-order valence-corrected chi connectivity index (χ2v) is 4.61. The van der Waals surface area contributed by atoms with Crippen molar-refractivity contribution in [3.63, 3.8) is 0 Å². The van der Waals surface area contributed by atoms with Gasteiger partial charge in [0.15, 0.2) is 0 Å². The molecule has 3 nitrogen and oxygen atoms in total. The number of carbonyl (C=O) groups is 1. The molecule has 90 valence electrons. The fraction of sp³-hybridized carbons (Fsp3) is 0.909. The first-order chi connectivity index (χ1) is 7.17. The molecule has 0 heterocycles. The van der Waals surface area contributed by atoms with Gasteiger partial charge in [0.05, 0.1) is 6.54 Å². The maximum atomic E-state index is 11.7. The fourth-order valence-corrected chi connectivity index (χ4v) is 2.24. The summed E-state index contributed by atoms with van der Waals surface area (Å²) in [6, 6.07) is 0.371. The molecule has 0 aromatic rings. The van der Waals surface area contributed by atoms with Crippen LogP contribution in [0, 0.1) is 0 Å². The first-order valence-corrected chi connectivity index (χ1v) is 7.02. The molecule has 0 fully saturated rings. The summed E-state index contributed by atoms with van der Waals surface area (Å²) in [5, 5.41) is 3.14. The molecule has 0 rings (SSSR count). The summed E-state index contributed by atoms with van der Waals surface area (Å²) < 4.78 is 0. The smallest absolute Gasteiger partial charge is 0.236 e. The van der Waals surface area contributed by atoms with E-state index >= 15 is 0 Å². The molecule has 4 heteroatoms. The number of rotatable bonds is 8. The molecule has 0 aromatic heterocycles. The van der Waals surface area contributed by atoms with E-state index in [9.17, 15) is 4.79 Å². The molecule has 0 bridgehead atoms. The van der Waals surface area contributed by atoms with Gasteiger partial charge in [0.1, 0.15) is 0 Å². The molecule has 1 N–H and O–H groups in total. The van der Waals surface area contributed by atoms with Crippen molar-refractivity contribution in [3.05, 3.63) is 0 Å². The molecule has 0 aliphatic rings. The summed E-state index contributed by atoms with van der Waals surface area (Å²) in [7, 11) is 1.90. The lowest BCUT2D eigenvalue weighted by Gasteiger charge is -2.26. The second kappa shape index (κ2) is 9.04. The molecule has 0 spiro atoms. The third kappa shape index (κ3) is 6.05. The average Bonchev–Trinajstić information content (AvgIpc) is 2.25. The van der Waals surface area contributed by atoms with Gasteiger partial charge in [0.25, 0.3) is 0 Å². The lowest BCUT2D eigenvalue weighted by atomic mass is 10.2. The zero-order chi connectivity index (χ0) is 11.7. The Balaban J connectivity index is 3.92. The second-order valence-electron chi connectivity index (χ2n) is 3.70. The minimum absolute atomic E-state index is 0.198. The minimum atomic E-state index is 0.198. The van der Waals surface area contributed by atoms with Crippen LogP contribution in [0.4, 0.5) is 0 Å². The fourth-order valence-electron chi connectivity index (χ4n) is 1.40. The molecular weight excluding hydrogens is 208 g/mol. The van der Waals surface area contributed by atoms with Crippen molar-refractivity contribution in [2.75, 3.05) is 32.1 Å². The van der Waals surface area contributed by atoms with Crippen LogP contribution < -0.4 is 5.32 Å². The van der Waals surface area contributed by atoms with E-state index in [0.29, 0.717) is 12.6 Å². The van der Waals surface area contributed by atoms with Crippen molar-refractivity contribution in [2.45, 2.75) is 32.7 Å². The summed E-state index contributed by atoms with van der Waals surface area (Å²) in [5.74, 6) is 1.22. The predicted octanol–water partition coefficient (Wildman–Crippen LogP) is 1.59. The molecule has 1 atom stereocenters. The highest BCUT2D eigenvalue weighted by molar-refractivity contribution is 7.98. The van der Waals surface area contributed by atoms with Crippen molar-refractivity contribution in [1.82, 2.24) is 10.2 Å². The molecular formula is C11H24N2OS. The van der Waals surface area contributed by atoms with E-state index in [1.165, 1.54) is 0 Å². The Morgan fingerprint density at radius 1 is 1.47 bits per heavy atom. The van der Waals surface area contributed by atoms with Crippen molar-refractivity contribution in [2.24, 2.45) is 0 Å². The number of nitrogens with one attached hydrogen (secondary N) is 1. The van der Waals surface area contributed by atoms with E-state index in [2.05, 4.69) is 25.4 Å². The number of hydrogen-bond acceptors (Lipinski definition) is 3. The first-order valence-electron chi connectivity index (χ1n) is 5.62. The zero-order valence-electron chi connectivity index (χ0n) is 10.4. The van der Waals surface area contributed by atoms with Crippen molar-refractivity contribution < 1.29 is 4.79 Å². The summed E-state index contributed by atoms with van der Waals surface area (Å²) in [5.41, 5.74) is 0. The number of thioether (sulfide) groups is 1. The molecule has 0 saturated heterocycles. The number of carbonyl (C=O) groups excluding carboxylic acids is 1.